The van der Waals surface area contributed by atoms with Crippen LogP contribution in [0.2, 0.25) is 5.02 Å². The predicted molar refractivity (Wildman–Crippen MR) is 77.9 cm³/mol. The van der Waals surface area contributed by atoms with Crippen LogP contribution in [0.1, 0.15) is 30.6 Å². The molecule has 0 aliphatic rings. The van der Waals surface area contributed by atoms with Gasteiger partial charge in [-0.1, -0.05) is 25.4 Å². The lowest BCUT2D eigenvalue weighted by Gasteiger charge is -2.09. The van der Waals surface area contributed by atoms with Gasteiger partial charge in [-0.15, -0.1) is 0 Å². The molecular weight excluding hydrogens is 280 g/mol. The number of carbonyl (C=O) groups excluding carboxylic acids is 2. The van der Waals surface area contributed by atoms with E-state index in [0.29, 0.717) is 17.5 Å². The zero-order chi connectivity index (χ0) is 15.1. The van der Waals surface area contributed by atoms with Gasteiger partial charge in [0.15, 0.2) is 0 Å². The summed E-state index contributed by atoms with van der Waals surface area (Å²) in [5.74, 6) is -0.330. The fourth-order valence-electron chi connectivity index (χ4n) is 1.48. The summed E-state index contributed by atoms with van der Waals surface area (Å²) >= 11 is 5.76. The van der Waals surface area contributed by atoms with Crippen molar-refractivity contribution in [3.63, 3.8) is 0 Å². The summed E-state index contributed by atoms with van der Waals surface area (Å²) in [4.78, 5) is 23.3. The van der Waals surface area contributed by atoms with Crippen molar-refractivity contribution in [2.24, 2.45) is 5.92 Å². The second-order valence-electron chi connectivity index (χ2n) is 4.87. The van der Waals surface area contributed by atoms with Gasteiger partial charge in [0, 0.05) is 24.5 Å². The molecular formula is C14H19ClN2O3. The molecule has 20 heavy (non-hydrogen) atoms. The van der Waals surface area contributed by atoms with Crippen LogP contribution in [0.3, 0.4) is 0 Å². The Balaban J connectivity index is 2.40. The Morgan fingerprint density at radius 3 is 2.65 bits per heavy atom. The van der Waals surface area contributed by atoms with Crippen molar-refractivity contribution < 1.29 is 14.7 Å². The van der Waals surface area contributed by atoms with Crippen molar-refractivity contribution in [3.05, 3.63) is 28.8 Å². The molecule has 6 heteroatoms. The maximum atomic E-state index is 11.8. The molecule has 0 fully saturated rings. The summed E-state index contributed by atoms with van der Waals surface area (Å²) in [6.45, 7) is 4.82. The Kier molecular flexibility index (Phi) is 6.31. The number of benzene rings is 1. The Morgan fingerprint density at radius 1 is 1.30 bits per heavy atom. The lowest BCUT2D eigenvalue weighted by Crippen LogP contribution is -2.32. The van der Waals surface area contributed by atoms with E-state index in [1.807, 2.05) is 13.8 Å². The first kappa shape index (κ1) is 16.3. The molecule has 0 unspecified atom stereocenters. The van der Waals surface area contributed by atoms with Crippen molar-refractivity contribution in [2.45, 2.75) is 20.3 Å². The number of halogens is 1. The molecule has 0 aromatic heterocycles. The van der Waals surface area contributed by atoms with E-state index in [-0.39, 0.29) is 30.2 Å². The minimum atomic E-state index is -0.457. The van der Waals surface area contributed by atoms with Gasteiger partial charge >= 0.3 is 0 Å². The number of rotatable bonds is 6. The van der Waals surface area contributed by atoms with Crippen LogP contribution >= 0.6 is 11.6 Å². The minimum Gasteiger partial charge on any atom is -0.507 e. The highest BCUT2D eigenvalue weighted by Crippen LogP contribution is 2.21. The first-order chi connectivity index (χ1) is 9.40. The number of hydrogen-bond donors (Lipinski definition) is 3. The molecule has 0 saturated heterocycles. The smallest absolute Gasteiger partial charge is 0.255 e. The number of hydrogen-bond acceptors (Lipinski definition) is 3. The Morgan fingerprint density at radius 2 is 2.00 bits per heavy atom. The average Bonchev–Trinajstić information content (AvgIpc) is 2.39. The molecule has 0 heterocycles. The molecule has 0 aliphatic heterocycles. The number of phenols is 1. The minimum absolute atomic E-state index is 0.0973. The molecule has 0 aliphatic carbocycles. The highest BCUT2D eigenvalue weighted by molar-refractivity contribution is 6.31. The molecule has 1 rings (SSSR count). The van der Waals surface area contributed by atoms with E-state index < -0.39 is 5.91 Å². The number of nitrogens with one attached hydrogen (secondary N) is 2. The second-order valence-corrected chi connectivity index (χ2v) is 5.30. The van der Waals surface area contributed by atoms with Gasteiger partial charge in [-0.2, -0.15) is 0 Å². The van der Waals surface area contributed by atoms with Crippen LogP contribution in [0, 0.1) is 5.92 Å². The van der Waals surface area contributed by atoms with Crippen LogP contribution in [-0.4, -0.2) is 30.0 Å². The van der Waals surface area contributed by atoms with Crippen LogP contribution in [0.5, 0.6) is 5.75 Å². The molecule has 2 amide bonds. The molecule has 1 aromatic carbocycles. The van der Waals surface area contributed by atoms with E-state index in [4.69, 9.17) is 11.6 Å². The van der Waals surface area contributed by atoms with E-state index in [9.17, 15) is 14.7 Å². The van der Waals surface area contributed by atoms with Gasteiger partial charge in [0.25, 0.3) is 5.91 Å². The zero-order valence-corrected chi connectivity index (χ0v) is 12.3. The van der Waals surface area contributed by atoms with Gasteiger partial charge in [-0.25, -0.2) is 0 Å². The zero-order valence-electron chi connectivity index (χ0n) is 11.6. The van der Waals surface area contributed by atoms with Crippen molar-refractivity contribution >= 4 is 23.4 Å². The molecule has 0 bridgehead atoms. The average molecular weight is 299 g/mol. The standard InChI is InChI=1S/C14H19ClN2O3/c1-9(2)8-17-13(19)5-6-16-14(20)11-7-10(15)3-4-12(11)18/h3-4,7,9,18H,5-6,8H2,1-2H3,(H,16,20)(H,17,19). The van der Waals surface area contributed by atoms with Gasteiger partial charge in [-0.3, -0.25) is 9.59 Å². The van der Waals surface area contributed by atoms with Crippen molar-refractivity contribution in [1.82, 2.24) is 10.6 Å². The molecule has 3 N–H and O–H groups in total. The second kappa shape index (κ2) is 7.75. The van der Waals surface area contributed by atoms with Crippen molar-refractivity contribution in [1.29, 1.82) is 0 Å². The highest BCUT2D eigenvalue weighted by Gasteiger charge is 2.11. The number of aromatic hydroxyl groups is 1. The van der Waals surface area contributed by atoms with Gasteiger partial charge < -0.3 is 15.7 Å². The maximum absolute atomic E-state index is 11.8. The molecule has 0 atom stereocenters. The van der Waals surface area contributed by atoms with Crippen LogP contribution in [0.4, 0.5) is 0 Å². The summed E-state index contributed by atoms with van der Waals surface area (Å²) in [5.41, 5.74) is 0.0973. The molecule has 0 spiro atoms. The number of phenolic OH excluding ortho intramolecular Hbond substituents is 1. The summed E-state index contributed by atoms with van der Waals surface area (Å²) in [7, 11) is 0. The SMILES string of the molecule is CC(C)CNC(=O)CCNC(=O)c1cc(Cl)ccc1O. The lowest BCUT2D eigenvalue weighted by atomic mass is 10.2. The first-order valence-corrected chi connectivity index (χ1v) is 6.81. The fourth-order valence-corrected chi connectivity index (χ4v) is 1.65. The Hall–Kier alpha value is -1.75. The topological polar surface area (TPSA) is 78.4 Å². The number of carbonyl (C=O) groups is 2. The molecule has 0 saturated carbocycles. The predicted octanol–water partition coefficient (Wildman–Crippen LogP) is 1.94. The van der Waals surface area contributed by atoms with Crippen LogP contribution in [0.15, 0.2) is 18.2 Å². The molecule has 0 radical (unpaired) electrons. The third-order valence-electron chi connectivity index (χ3n) is 2.55. The molecule has 1 aromatic rings. The van der Waals surface area contributed by atoms with Gasteiger partial charge in [0.1, 0.15) is 5.75 Å². The summed E-state index contributed by atoms with van der Waals surface area (Å²) in [6, 6.07) is 4.23. The van der Waals surface area contributed by atoms with E-state index in [1.165, 1.54) is 18.2 Å². The summed E-state index contributed by atoms with van der Waals surface area (Å²) in [5, 5.41) is 15.2. The van der Waals surface area contributed by atoms with E-state index in [0.717, 1.165) is 0 Å². The molecule has 5 nitrogen and oxygen atoms in total. The van der Waals surface area contributed by atoms with Crippen LogP contribution in [0.25, 0.3) is 0 Å². The Labute approximate surface area is 123 Å². The van der Waals surface area contributed by atoms with E-state index in [1.54, 1.807) is 0 Å². The molecule has 110 valence electrons. The first-order valence-electron chi connectivity index (χ1n) is 6.43. The summed E-state index contributed by atoms with van der Waals surface area (Å²) < 4.78 is 0. The normalized spacial score (nSPS) is 10.4. The largest absolute Gasteiger partial charge is 0.507 e. The van der Waals surface area contributed by atoms with E-state index in [2.05, 4.69) is 10.6 Å². The van der Waals surface area contributed by atoms with E-state index >= 15 is 0 Å². The summed E-state index contributed by atoms with van der Waals surface area (Å²) in [6.07, 6.45) is 0.194. The maximum Gasteiger partial charge on any atom is 0.255 e. The lowest BCUT2D eigenvalue weighted by molar-refractivity contribution is -0.121. The fraction of sp³-hybridized carbons (Fsp3) is 0.429. The quantitative estimate of drug-likeness (QED) is 0.751. The van der Waals surface area contributed by atoms with Gasteiger partial charge in [-0.05, 0) is 24.1 Å². The highest BCUT2D eigenvalue weighted by atomic mass is 35.5. The third-order valence-corrected chi connectivity index (χ3v) is 2.78. The van der Waals surface area contributed by atoms with Crippen molar-refractivity contribution in [2.75, 3.05) is 13.1 Å². The van der Waals surface area contributed by atoms with Gasteiger partial charge in [0.05, 0.1) is 5.56 Å². The monoisotopic (exact) mass is 298 g/mol. The van der Waals surface area contributed by atoms with Crippen molar-refractivity contribution in [3.8, 4) is 5.75 Å². The van der Waals surface area contributed by atoms with Crippen LogP contribution < -0.4 is 10.6 Å². The Bertz CT molecular complexity index is 489. The number of amides is 2. The van der Waals surface area contributed by atoms with Crippen LogP contribution in [-0.2, 0) is 4.79 Å². The third kappa shape index (κ3) is 5.48. The van der Waals surface area contributed by atoms with Gasteiger partial charge in [0.2, 0.25) is 5.91 Å².